The van der Waals surface area contributed by atoms with Crippen molar-refractivity contribution in [2.24, 2.45) is 11.3 Å². The van der Waals surface area contributed by atoms with Crippen molar-refractivity contribution in [1.29, 1.82) is 0 Å². The fourth-order valence-corrected chi connectivity index (χ4v) is 2.62. The molecule has 172 valence electrons. The van der Waals surface area contributed by atoms with E-state index in [0.29, 0.717) is 0 Å². The second kappa shape index (κ2) is 10.9. The Morgan fingerprint density at radius 2 is 1.55 bits per heavy atom. The third-order valence-electron chi connectivity index (χ3n) is 4.40. The van der Waals surface area contributed by atoms with E-state index in [9.17, 15) is 19.2 Å². The molecule has 8 nitrogen and oxygen atoms in total. The van der Waals surface area contributed by atoms with Crippen LogP contribution in [0.3, 0.4) is 0 Å². The van der Waals surface area contributed by atoms with Crippen LogP contribution in [0, 0.1) is 11.3 Å². The smallest absolute Gasteiger partial charge is 0.408 e. The quantitative estimate of drug-likeness (QED) is 0.457. The van der Waals surface area contributed by atoms with Gasteiger partial charge < -0.3 is 20.1 Å². The van der Waals surface area contributed by atoms with Crippen LogP contribution >= 0.6 is 0 Å². The van der Waals surface area contributed by atoms with E-state index in [1.807, 2.05) is 30.3 Å². The molecule has 1 rings (SSSR count). The van der Waals surface area contributed by atoms with Gasteiger partial charge in [0.1, 0.15) is 24.2 Å². The largest absolute Gasteiger partial charge is 0.460 e. The predicted octanol–water partition coefficient (Wildman–Crippen LogP) is 2.99. The number of nitrogens with one attached hydrogen (secondary N) is 2. The molecule has 0 fully saturated rings. The van der Waals surface area contributed by atoms with E-state index in [4.69, 9.17) is 9.47 Å². The van der Waals surface area contributed by atoms with Crippen LogP contribution in [0.15, 0.2) is 30.3 Å². The van der Waals surface area contributed by atoms with Gasteiger partial charge in [-0.05, 0) is 46.1 Å². The SMILES string of the molecule is CC(C)C(NC(=O)CNC(=O)OC(C)(C)C)C(=O)C(C)(C)C(=O)OCc1ccccc1. The van der Waals surface area contributed by atoms with Crippen LogP contribution in [0.5, 0.6) is 0 Å². The Labute approximate surface area is 184 Å². The number of hydrogen-bond acceptors (Lipinski definition) is 6. The van der Waals surface area contributed by atoms with Crippen molar-refractivity contribution in [1.82, 2.24) is 10.6 Å². The van der Waals surface area contributed by atoms with Crippen molar-refractivity contribution in [3.8, 4) is 0 Å². The Morgan fingerprint density at radius 1 is 0.968 bits per heavy atom. The Kier molecular flexibility index (Phi) is 9.21. The number of rotatable bonds is 9. The lowest BCUT2D eigenvalue weighted by atomic mass is 9.80. The summed E-state index contributed by atoms with van der Waals surface area (Å²) in [7, 11) is 0. The number of benzene rings is 1. The highest BCUT2D eigenvalue weighted by Gasteiger charge is 2.43. The lowest BCUT2D eigenvalue weighted by molar-refractivity contribution is -0.160. The summed E-state index contributed by atoms with van der Waals surface area (Å²) in [5.74, 6) is -1.98. The summed E-state index contributed by atoms with van der Waals surface area (Å²) in [5.41, 5.74) is -1.35. The van der Waals surface area contributed by atoms with Crippen molar-refractivity contribution in [2.75, 3.05) is 6.54 Å². The first-order valence-electron chi connectivity index (χ1n) is 10.3. The molecule has 1 aromatic rings. The van der Waals surface area contributed by atoms with Crippen LogP contribution < -0.4 is 10.6 Å². The van der Waals surface area contributed by atoms with Gasteiger partial charge >= 0.3 is 12.1 Å². The number of alkyl carbamates (subject to hydrolysis) is 1. The Balaban J connectivity index is 2.72. The van der Waals surface area contributed by atoms with E-state index < -0.39 is 40.8 Å². The molecule has 2 amide bonds. The molecular weight excluding hydrogens is 400 g/mol. The van der Waals surface area contributed by atoms with Crippen LogP contribution in [-0.4, -0.2) is 41.9 Å². The fraction of sp³-hybridized carbons (Fsp3) is 0.565. The number of ketones is 1. The van der Waals surface area contributed by atoms with E-state index in [0.717, 1.165) is 5.56 Å². The minimum absolute atomic E-state index is 0.0505. The second-order valence-corrected chi connectivity index (χ2v) is 9.20. The van der Waals surface area contributed by atoms with Crippen LogP contribution in [-0.2, 0) is 30.5 Å². The Hall–Kier alpha value is -2.90. The van der Waals surface area contributed by atoms with Crippen molar-refractivity contribution in [3.05, 3.63) is 35.9 Å². The first-order chi connectivity index (χ1) is 14.2. The molecule has 0 saturated carbocycles. The van der Waals surface area contributed by atoms with E-state index >= 15 is 0 Å². The molecule has 0 heterocycles. The average molecular weight is 435 g/mol. The topological polar surface area (TPSA) is 111 Å². The van der Waals surface area contributed by atoms with Gasteiger partial charge in [-0.2, -0.15) is 0 Å². The van der Waals surface area contributed by atoms with Gasteiger partial charge in [-0.15, -0.1) is 0 Å². The van der Waals surface area contributed by atoms with Gasteiger partial charge in [-0.25, -0.2) is 4.79 Å². The normalized spacial score (nSPS) is 12.6. The standard InChI is InChI=1S/C23H34N2O6/c1-15(2)18(25-17(26)13-24-21(29)31-22(3,4)5)19(27)23(6,7)20(28)30-14-16-11-9-8-10-12-16/h8-12,15,18H,13-14H2,1-7H3,(H,24,29)(H,25,26). The zero-order valence-corrected chi connectivity index (χ0v) is 19.4. The molecule has 0 saturated heterocycles. The van der Waals surface area contributed by atoms with Crippen molar-refractivity contribution in [2.45, 2.75) is 66.7 Å². The first kappa shape index (κ1) is 26.1. The molecule has 0 bridgehead atoms. The maximum Gasteiger partial charge on any atom is 0.408 e. The number of Topliss-reactive ketones (excluding diaryl/α,β-unsaturated/α-hetero) is 1. The van der Waals surface area contributed by atoms with Crippen LogP contribution in [0.25, 0.3) is 0 Å². The Morgan fingerprint density at radius 3 is 2.06 bits per heavy atom. The van der Waals surface area contributed by atoms with Gasteiger partial charge in [0, 0.05) is 0 Å². The van der Waals surface area contributed by atoms with Gasteiger partial charge in [-0.1, -0.05) is 44.2 Å². The summed E-state index contributed by atoms with van der Waals surface area (Å²) in [6, 6.07) is 8.22. The van der Waals surface area contributed by atoms with E-state index in [1.54, 1.807) is 34.6 Å². The molecule has 0 radical (unpaired) electrons. The molecule has 0 aromatic heterocycles. The van der Waals surface area contributed by atoms with Crippen LogP contribution in [0.1, 0.15) is 54.0 Å². The Bertz CT molecular complexity index is 781. The summed E-state index contributed by atoms with van der Waals surface area (Å²) in [5, 5.41) is 4.95. The van der Waals surface area contributed by atoms with Crippen molar-refractivity contribution in [3.63, 3.8) is 0 Å². The molecule has 2 N–H and O–H groups in total. The molecule has 31 heavy (non-hydrogen) atoms. The number of carbonyl (C=O) groups excluding carboxylic acids is 4. The minimum Gasteiger partial charge on any atom is -0.460 e. The molecule has 0 aliphatic heterocycles. The van der Waals surface area contributed by atoms with Gasteiger partial charge in [0.05, 0.1) is 6.04 Å². The van der Waals surface area contributed by atoms with Crippen molar-refractivity contribution >= 4 is 23.8 Å². The molecule has 1 aromatic carbocycles. The molecule has 8 heteroatoms. The molecule has 0 spiro atoms. The second-order valence-electron chi connectivity index (χ2n) is 9.20. The highest BCUT2D eigenvalue weighted by Crippen LogP contribution is 2.24. The average Bonchev–Trinajstić information content (AvgIpc) is 2.67. The molecule has 0 aliphatic carbocycles. The zero-order chi connectivity index (χ0) is 23.8. The molecular formula is C23H34N2O6. The maximum absolute atomic E-state index is 13.1. The number of amides is 2. The van der Waals surface area contributed by atoms with Gasteiger partial charge in [0.25, 0.3) is 0 Å². The zero-order valence-electron chi connectivity index (χ0n) is 19.4. The van der Waals surface area contributed by atoms with E-state index in [1.165, 1.54) is 13.8 Å². The first-order valence-corrected chi connectivity index (χ1v) is 10.3. The fourth-order valence-electron chi connectivity index (χ4n) is 2.62. The summed E-state index contributed by atoms with van der Waals surface area (Å²) >= 11 is 0. The molecule has 1 unspecified atom stereocenters. The maximum atomic E-state index is 13.1. The van der Waals surface area contributed by atoms with E-state index in [-0.39, 0.29) is 19.1 Å². The van der Waals surface area contributed by atoms with Gasteiger partial charge in [0.2, 0.25) is 5.91 Å². The van der Waals surface area contributed by atoms with Gasteiger partial charge in [-0.3, -0.25) is 14.4 Å². The highest BCUT2D eigenvalue weighted by atomic mass is 16.6. The van der Waals surface area contributed by atoms with Crippen LogP contribution in [0.2, 0.25) is 0 Å². The van der Waals surface area contributed by atoms with Crippen LogP contribution in [0.4, 0.5) is 4.79 Å². The number of esters is 1. The summed E-state index contributed by atoms with van der Waals surface area (Å²) < 4.78 is 10.4. The number of hydrogen-bond donors (Lipinski definition) is 2. The third kappa shape index (κ3) is 8.78. The summed E-state index contributed by atoms with van der Waals surface area (Å²) in [6.45, 7) is 11.3. The third-order valence-corrected chi connectivity index (χ3v) is 4.40. The lowest BCUT2D eigenvalue weighted by Gasteiger charge is -2.29. The van der Waals surface area contributed by atoms with Gasteiger partial charge in [0.15, 0.2) is 5.78 Å². The summed E-state index contributed by atoms with van der Waals surface area (Å²) in [6.07, 6.45) is -0.736. The van der Waals surface area contributed by atoms with Crippen molar-refractivity contribution < 1.29 is 28.7 Å². The highest BCUT2D eigenvalue weighted by molar-refractivity contribution is 6.06. The monoisotopic (exact) mass is 434 g/mol. The minimum atomic E-state index is -1.46. The summed E-state index contributed by atoms with van der Waals surface area (Å²) in [4.78, 5) is 49.7. The molecule has 0 aliphatic rings. The number of carbonyl (C=O) groups is 4. The lowest BCUT2D eigenvalue weighted by Crippen LogP contribution is -2.53. The van der Waals surface area contributed by atoms with E-state index in [2.05, 4.69) is 10.6 Å². The predicted molar refractivity (Wildman–Crippen MR) is 116 cm³/mol. The number of ether oxygens (including phenoxy) is 2. The molecule has 1 atom stereocenters.